The minimum absolute atomic E-state index is 0.0533. The van der Waals surface area contributed by atoms with E-state index in [0.29, 0.717) is 5.92 Å². The van der Waals surface area contributed by atoms with Gasteiger partial charge in [0.1, 0.15) is 0 Å². The van der Waals surface area contributed by atoms with Gasteiger partial charge in [0.25, 0.3) is 0 Å². The van der Waals surface area contributed by atoms with E-state index in [9.17, 15) is 0 Å². The van der Waals surface area contributed by atoms with Gasteiger partial charge in [-0.2, -0.15) is 11.8 Å². The van der Waals surface area contributed by atoms with Crippen LogP contribution < -0.4 is 5.73 Å². The molecule has 1 aromatic rings. The molecule has 4 nitrogen and oxygen atoms in total. The summed E-state index contributed by atoms with van der Waals surface area (Å²) in [5, 5.41) is 0. The summed E-state index contributed by atoms with van der Waals surface area (Å²) < 4.78 is 8.01. The van der Waals surface area contributed by atoms with E-state index in [1.54, 1.807) is 0 Å². The summed E-state index contributed by atoms with van der Waals surface area (Å²) in [5.74, 6) is 2.87. The largest absolute Gasteiger partial charge is 0.374 e. The first-order valence-corrected chi connectivity index (χ1v) is 7.79. The van der Waals surface area contributed by atoms with Crippen LogP contribution in [0.2, 0.25) is 0 Å². The van der Waals surface area contributed by atoms with Crippen molar-refractivity contribution >= 4 is 11.8 Å². The Hall–Kier alpha value is -0.520. The number of ether oxygens (including phenoxy) is 1. The fraction of sp³-hybridized carbons (Fsp3) is 0.769. The van der Waals surface area contributed by atoms with Gasteiger partial charge in [0.15, 0.2) is 0 Å². The summed E-state index contributed by atoms with van der Waals surface area (Å²) in [5.41, 5.74) is 7.53. The van der Waals surface area contributed by atoms with Crippen molar-refractivity contribution in [3.8, 4) is 0 Å². The first kappa shape index (κ1) is 12.5. The van der Waals surface area contributed by atoms with Crippen LogP contribution in [0.15, 0.2) is 12.5 Å². The van der Waals surface area contributed by atoms with Gasteiger partial charge >= 0.3 is 0 Å². The van der Waals surface area contributed by atoms with Crippen LogP contribution in [0.1, 0.15) is 31.0 Å². The first-order chi connectivity index (χ1) is 8.69. The Kier molecular flexibility index (Phi) is 3.38. The molecule has 2 saturated heterocycles. The average molecular weight is 267 g/mol. The zero-order valence-corrected chi connectivity index (χ0v) is 11.7. The quantitative estimate of drug-likeness (QED) is 0.886. The van der Waals surface area contributed by atoms with Gasteiger partial charge < -0.3 is 15.0 Å². The Labute approximate surface area is 112 Å². The highest BCUT2D eigenvalue weighted by Crippen LogP contribution is 2.43. The van der Waals surface area contributed by atoms with Crippen LogP contribution in [0, 0.1) is 5.92 Å². The Morgan fingerprint density at radius 2 is 2.56 bits per heavy atom. The minimum atomic E-state index is 0.0533. The zero-order valence-electron chi connectivity index (χ0n) is 10.8. The third-order valence-electron chi connectivity index (χ3n) is 4.17. The molecule has 0 saturated carbocycles. The second kappa shape index (κ2) is 4.87. The Morgan fingerprint density at radius 1 is 1.67 bits per heavy atom. The molecule has 1 aromatic heterocycles. The predicted octanol–water partition coefficient (Wildman–Crippen LogP) is 1.72. The Balaban J connectivity index is 1.72. The van der Waals surface area contributed by atoms with Crippen LogP contribution >= 0.6 is 11.8 Å². The molecule has 1 spiro atoms. The fourth-order valence-electron chi connectivity index (χ4n) is 3.08. The highest BCUT2D eigenvalue weighted by Gasteiger charge is 2.42. The molecule has 3 heterocycles. The van der Waals surface area contributed by atoms with E-state index in [4.69, 9.17) is 10.5 Å². The number of hydrogen-bond donors (Lipinski definition) is 1. The molecule has 0 aromatic carbocycles. The highest BCUT2D eigenvalue weighted by molar-refractivity contribution is 7.99. The number of aryl methyl sites for hydroxylation is 1. The molecule has 3 unspecified atom stereocenters. The molecule has 18 heavy (non-hydrogen) atoms. The number of nitrogens with two attached hydrogens (primary N) is 1. The maximum atomic E-state index is 6.40. The van der Waals surface area contributed by atoms with E-state index in [2.05, 4.69) is 4.98 Å². The number of thioether (sulfide) groups is 1. The second-order valence-electron chi connectivity index (χ2n) is 5.58. The summed E-state index contributed by atoms with van der Waals surface area (Å²) in [7, 11) is 1.99. The molecule has 2 fully saturated rings. The first-order valence-electron chi connectivity index (χ1n) is 6.64. The van der Waals surface area contributed by atoms with Crippen molar-refractivity contribution in [2.24, 2.45) is 18.7 Å². The molecule has 3 atom stereocenters. The maximum absolute atomic E-state index is 6.40. The third-order valence-corrected chi connectivity index (χ3v) is 5.40. The van der Waals surface area contributed by atoms with E-state index in [1.165, 1.54) is 12.2 Å². The molecular formula is C13H21N3OS. The summed E-state index contributed by atoms with van der Waals surface area (Å²) in [6.07, 6.45) is 7.21. The molecule has 3 rings (SSSR count). The van der Waals surface area contributed by atoms with E-state index < -0.39 is 0 Å². The standard InChI is InChI=1S/C13H21N3OS/c1-16-7-11(15-9-16)12(14)10-2-4-17-13(6-10)3-5-18-8-13/h7,9-10,12H,2-6,8,14H2,1H3. The molecular weight excluding hydrogens is 246 g/mol. The lowest BCUT2D eigenvalue weighted by molar-refractivity contribution is -0.0836. The number of nitrogens with zero attached hydrogens (tertiary/aromatic N) is 2. The SMILES string of the molecule is Cn1cnc(C(N)C2CCOC3(CCSC3)C2)c1. The molecule has 2 aliphatic heterocycles. The van der Waals surface area contributed by atoms with Gasteiger partial charge in [-0.1, -0.05) is 0 Å². The normalized spacial score (nSPS) is 34.0. The van der Waals surface area contributed by atoms with Crippen LogP contribution in [-0.2, 0) is 11.8 Å². The lowest BCUT2D eigenvalue weighted by atomic mass is 9.80. The van der Waals surface area contributed by atoms with Crippen LogP contribution in [0.5, 0.6) is 0 Å². The molecule has 0 amide bonds. The van der Waals surface area contributed by atoms with Gasteiger partial charge in [-0.15, -0.1) is 0 Å². The van der Waals surface area contributed by atoms with Crippen LogP contribution in [0.3, 0.4) is 0 Å². The number of rotatable bonds is 2. The van der Waals surface area contributed by atoms with Crippen LogP contribution in [0.4, 0.5) is 0 Å². The van der Waals surface area contributed by atoms with Gasteiger partial charge in [0.2, 0.25) is 0 Å². The van der Waals surface area contributed by atoms with Crippen molar-refractivity contribution in [1.82, 2.24) is 9.55 Å². The second-order valence-corrected chi connectivity index (χ2v) is 6.68. The Bertz CT molecular complexity index is 414. The van der Waals surface area contributed by atoms with Crippen molar-refractivity contribution in [3.05, 3.63) is 18.2 Å². The average Bonchev–Trinajstić information content (AvgIpc) is 2.98. The molecule has 2 aliphatic rings. The number of imidazole rings is 1. The number of aromatic nitrogens is 2. The van der Waals surface area contributed by atoms with E-state index >= 15 is 0 Å². The summed E-state index contributed by atoms with van der Waals surface area (Å²) in [6, 6.07) is 0.0533. The molecule has 0 radical (unpaired) electrons. The van der Waals surface area contributed by atoms with Crippen molar-refractivity contribution in [3.63, 3.8) is 0 Å². The van der Waals surface area contributed by atoms with Crippen LogP contribution in [0.25, 0.3) is 0 Å². The van der Waals surface area contributed by atoms with Gasteiger partial charge in [-0.05, 0) is 30.9 Å². The minimum Gasteiger partial charge on any atom is -0.374 e. The Morgan fingerprint density at radius 3 is 3.22 bits per heavy atom. The van der Waals surface area contributed by atoms with Gasteiger partial charge in [0.05, 0.1) is 23.7 Å². The number of hydrogen-bond acceptors (Lipinski definition) is 4. The smallest absolute Gasteiger partial charge is 0.0947 e. The van der Waals surface area contributed by atoms with Crippen molar-refractivity contribution in [2.45, 2.75) is 30.9 Å². The highest BCUT2D eigenvalue weighted by atomic mass is 32.2. The zero-order chi connectivity index (χ0) is 12.6. The topological polar surface area (TPSA) is 53.1 Å². The summed E-state index contributed by atoms with van der Waals surface area (Å²) in [4.78, 5) is 4.40. The summed E-state index contributed by atoms with van der Waals surface area (Å²) in [6.45, 7) is 0.853. The summed E-state index contributed by atoms with van der Waals surface area (Å²) >= 11 is 2.01. The van der Waals surface area contributed by atoms with Gasteiger partial charge in [0, 0.05) is 25.6 Å². The molecule has 0 bridgehead atoms. The predicted molar refractivity (Wildman–Crippen MR) is 73.5 cm³/mol. The van der Waals surface area contributed by atoms with E-state index in [0.717, 1.165) is 30.9 Å². The molecule has 100 valence electrons. The van der Waals surface area contributed by atoms with E-state index in [1.807, 2.05) is 35.9 Å². The van der Waals surface area contributed by atoms with Crippen LogP contribution in [-0.4, -0.2) is 33.3 Å². The van der Waals surface area contributed by atoms with Crippen molar-refractivity contribution in [1.29, 1.82) is 0 Å². The van der Waals surface area contributed by atoms with Gasteiger partial charge in [-0.25, -0.2) is 4.98 Å². The van der Waals surface area contributed by atoms with E-state index in [-0.39, 0.29) is 11.6 Å². The lowest BCUT2D eigenvalue weighted by Crippen LogP contribution is -2.42. The van der Waals surface area contributed by atoms with Crippen molar-refractivity contribution < 1.29 is 4.74 Å². The third kappa shape index (κ3) is 2.31. The lowest BCUT2D eigenvalue weighted by Gasteiger charge is -2.39. The van der Waals surface area contributed by atoms with Crippen molar-refractivity contribution in [2.75, 3.05) is 18.1 Å². The maximum Gasteiger partial charge on any atom is 0.0947 e. The molecule has 2 N–H and O–H groups in total. The van der Waals surface area contributed by atoms with Gasteiger partial charge in [-0.3, -0.25) is 0 Å². The fourth-order valence-corrected chi connectivity index (χ4v) is 4.46. The molecule has 0 aliphatic carbocycles. The monoisotopic (exact) mass is 267 g/mol. The molecule has 5 heteroatoms.